The van der Waals surface area contributed by atoms with Crippen molar-refractivity contribution in [2.75, 3.05) is 40.7 Å². The van der Waals surface area contributed by atoms with Crippen LogP contribution in [-0.2, 0) is 14.3 Å². The third kappa shape index (κ3) is 5.34. The highest BCUT2D eigenvalue weighted by molar-refractivity contribution is 7.85. The van der Waals surface area contributed by atoms with Crippen molar-refractivity contribution >= 4 is 16.0 Å². The highest BCUT2D eigenvalue weighted by atomic mass is 32.2. The van der Waals surface area contributed by atoms with Crippen molar-refractivity contribution in [2.24, 2.45) is 0 Å². The van der Waals surface area contributed by atoms with E-state index in [1.807, 2.05) is 30.3 Å². The lowest BCUT2D eigenvalue weighted by molar-refractivity contribution is 0.0709. The zero-order chi connectivity index (χ0) is 23.3. The standard InChI is InChI=1S/C23H29NO7S/c1-28-20-15-22(30-3)21(29-2)14-18(20)23(25)24-12-10-17(16-8-6-5-7-9-16)19(24)11-13-31-32(4,26)27/h5-9,14-15,17,19H,10-13H2,1-4H3. The Balaban J connectivity index is 1.94. The molecule has 1 saturated heterocycles. The van der Waals surface area contributed by atoms with Crippen LogP contribution in [0.3, 0.4) is 0 Å². The van der Waals surface area contributed by atoms with E-state index in [1.54, 1.807) is 17.0 Å². The number of carbonyl (C=O) groups is 1. The number of likely N-dealkylation sites (tertiary alicyclic amines) is 1. The van der Waals surface area contributed by atoms with Crippen LogP contribution in [0, 0.1) is 0 Å². The van der Waals surface area contributed by atoms with Crippen molar-refractivity contribution < 1.29 is 31.6 Å². The summed E-state index contributed by atoms with van der Waals surface area (Å²) in [5, 5.41) is 0. The van der Waals surface area contributed by atoms with Gasteiger partial charge in [0, 0.05) is 30.6 Å². The van der Waals surface area contributed by atoms with Crippen LogP contribution in [0.2, 0.25) is 0 Å². The predicted octanol–water partition coefficient (Wildman–Crippen LogP) is 3.08. The smallest absolute Gasteiger partial charge is 0.264 e. The normalized spacial score (nSPS) is 18.4. The minimum Gasteiger partial charge on any atom is -0.496 e. The molecule has 8 nitrogen and oxygen atoms in total. The van der Waals surface area contributed by atoms with E-state index in [0.717, 1.165) is 18.2 Å². The van der Waals surface area contributed by atoms with Crippen molar-refractivity contribution in [1.82, 2.24) is 4.90 Å². The Labute approximate surface area is 189 Å². The third-order valence-electron chi connectivity index (χ3n) is 5.68. The van der Waals surface area contributed by atoms with Gasteiger partial charge in [-0.3, -0.25) is 8.98 Å². The number of hydrogen-bond acceptors (Lipinski definition) is 7. The quantitative estimate of drug-likeness (QED) is 0.528. The van der Waals surface area contributed by atoms with Crippen LogP contribution in [0.4, 0.5) is 0 Å². The van der Waals surface area contributed by atoms with Gasteiger partial charge in [0.2, 0.25) is 0 Å². The first kappa shape index (κ1) is 23.9. The summed E-state index contributed by atoms with van der Waals surface area (Å²) in [6.45, 7) is 0.527. The molecule has 1 aliphatic heterocycles. The topological polar surface area (TPSA) is 91.4 Å². The maximum Gasteiger partial charge on any atom is 0.264 e. The number of benzene rings is 2. The summed E-state index contributed by atoms with van der Waals surface area (Å²) < 4.78 is 44.1. The van der Waals surface area contributed by atoms with Gasteiger partial charge in [0.25, 0.3) is 16.0 Å². The Morgan fingerprint density at radius 2 is 1.62 bits per heavy atom. The SMILES string of the molecule is COc1cc(OC)c(C(=O)N2CCC(c3ccccc3)C2CCOS(C)(=O)=O)cc1OC. The van der Waals surface area contributed by atoms with Crippen LogP contribution in [0.1, 0.15) is 34.7 Å². The number of amides is 1. The first-order chi connectivity index (χ1) is 15.3. The fourth-order valence-electron chi connectivity index (χ4n) is 4.22. The van der Waals surface area contributed by atoms with Crippen molar-refractivity contribution in [2.45, 2.75) is 24.8 Å². The zero-order valence-corrected chi connectivity index (χ0v) is 19.6. The summed E-state index contributed by atoms with van der Waals surface area (Å²) >= 11 is 0. The molecule has 1 heterocycles. The van der Waals surface area contributed by atoms with Crippen molar-refractivity contribution in [3.63, 3.8) is 0 Å². The van der Waals surface area contributed by atoms with Crippen LogP contribution in [0.5, 0.6) is 17.2 Å². The van der Waals surface area contributed by atoms with Crippen molar-refractivity contribution in [1.29, 1.82) is 0 Å². The number of hydrogen-bond donors (Lipinski definition) is 0. The largest absolute Gasteiger partial charge is 0.496 e. The van der Waals surface area contributed by atoms with Gasteiger partial charge in [-0.2, -0.15) is 8.42 Å². The summed E-state index contributed by atoms with van der Waals surface area (Å²) in [7, 11) is 0.944. The molecule has 174 valence electrons. The Kier molecular flexibility index (Phi) is 7.63. The van der Waals surface area contributed by atoms with Crippen molar-refractivity contribution in [3.8, 4) is 17.2 Å². The average Bonchev–Trinajstić information content (AvgIpc) is 3.21. The van der Waals surface area contributed by atoms with Gasteiger partial charge in [0.15, 0.2) is 11.5 Å². The van der Waals surface area contributed by atoms with Gasteiger partial charge in [-0.15, -0.1) is 0 Å². The molecule has 0 aliphatic carbocycles. The molecule has 0 spiro atoms. The summed E-state index contributed by atoms with van der Waals surface area (Å²) in [5.41, 5.74) is 1.46. The second-order valence-electron chi connectivity index (χ2n) is 7.59. The van der Waals surface area contributed by atoms with E-state index >= 15 is 0 Å². The molecule has 1 amide bonds. The van der Waals surface area contributed by atoms with Crippen LogP contribution in [0.25, 0.3) is 0 Å². The minimum atomic E-state index is -3.57. The van der Waals surface area contributed by atoms with Crippen LogP contribution < -0.4 is 14.2 Å². The Morgan fingerprint density at radius 3 is 2.22 bits per heavy atom. The first-order valence-electron chi connectivity index (χ1n) is 10.3. The lowest BCUT2D eigenvalue weighted by Gasteiger charge is -2.29. The maximum atomic E-state index is 13.6. The Hall–Kier alpha value is -2.78. The van der Waals surface area contributed by atoms with E-state index in [1.165, 1.54) is 21.3 Å². The monoisotopic (exact) mass is 463 g/mol. The number of nitrogens with zero attached hydrogens (tertiary/aromatic N) is 1. The third-order valence-corrected chi connectivity index (χ3v) is 6.28. The Bertz CT molecular complexity index is 1040. The van der Waals surface area contributed by atoms with Crippen molar-refractivity contribution in [3.05, 3.63) is 53.6 Å². The van der Waals surface area contributed by atoms with Gasteiger partial charge >= 0.3 is 0 Å². The molecule has 32 heavy (non-hydrogen) atoms. The molecular weight excluding hydrogens is 434 g/mol. The highest BCUT2D eigenvalue weighted by Crippen LogP contribution is 2.39. The van der Waals surface area contributed by atoms with Gasteiger partial charge < -0.3 is 19.1 Å². The molecule has 1 aliphatic rings. The molecule has 2 atom stereocenters. The molecule has 2 unspecified atom stereocenters. The lowest BCUT2D eigenvalue weighted by atomic mass is 9.90. The summed E-state index contributed by atoms with van der Waals surface area (Å²) in [6.07, 6.45) is 2.16. The molecular formula is C23H29NO7S. The van der Waals surface area contributed by atoms with Crippen LogP contribution >= 0.6 is 0 Å². The molecule has 0 radical (unpaired) electrons. The van der Waals surface area contributed by atoms with Gasteiger partial charge in [0.05, 0.1) is 39.8 Å². The van der Waals surface area contributed by atoms with Gasteiger partial charge in [-0.25, -0.2) is 0 Å². The van der Waals surface area contributed by atoms with E-state index in [0.29, 0.717) is 35.8 Å². The summed E-state index contributed by atoms with van der Waals surface area (Å²) in [5.74, 6) is 1.11. The zero-order valence-electron chi connectivity index (χ0n) is 18.7. The summed E-state index contributed by atoms with van der Waals surface area (Å²) in [4.78, 5) is 15.4. The second kappa shape index (κ2) is 10.2. The molecule has 3 rings (SSSR count). The fourth-order valence-corrected chi connectivity index (χ4v) is 4.62. The predicted molar refractivity (Wildman–Crippen MR) is 120 cm³/mol. The molecule has 0 bridgehead atoms. The number of rotatable bonds is 9. The van der Waals surface area contributed by atoms with Gasteiger partial charge in [0.1, 0.15) is 5.75 Å². The molecule has 2 aromatic carbocycles. The lowest BCUT2D eigenvalue weighted by Crippen LogP contribution is -2.38. The second-order valence-corrected chi connectivity index (χ2v) is 9.24. The maximum absolute atomic E-state index is 13.6. The highest BCUT2D eigenvalue weighted by Gasteiger charge is 2.39. The van der Waals surface area contributed by atoms with Crippen LogP contribution in [0.15, 0.2) is 42.5 Å². The molecule has 1 fully saturated rings. The van der Waals surface area contributed by atoms with E-state index in [9.17, 15) is 13.2 Å². The number of carbonyl (C=O) groups excluding carboxylic acids is 1. The van der Waals surface area contributed by atoms with Gasteiger partial charge in [-0.1, -0.05) is 30.3 Å². The molecule has 0 N–H and O–H groups in total. The van der Waals surface area contributed by atoms with E-state index in [-0.39, 0.29) is 24.5 Å². The van der Waals surface area contributed by atoms with E-state index in [4.69, 9.17) is 18.4 Å². The van der Waals surface area contributed by atoms with E-state index in [2.05, 4.69) is 0 Å². The first-order valence-corrected chi connectivity index (χ1v) is 12.1. The fraction of sp³-hybridized carbons (Fsp3) is 0.435. The van der Waals surface area contributed by atoms with Crippen LogP contribution in [-0.4, -0.2) is 66.0 Å². The minimum absolute atomic E-state index is 0.000315. The van der Waals surface area contributed by atoms with Gasteiger partial charge in [-0.05, 0) is 18.4 Å². The van der Waals surface area contributed by atoms with E-state index < -0.39 is 10.1 Å². The molecule has 2 aromatic rings. The molecule has 0 aromatic heterocycles. The molecule has 9 heteroatoms. The molecule has 0 saturated carbocycles. The Morgan fingerprint density at radius 1 is 1.00 bits per heavy atom. The average molecular weight is 464 g/mol. The number of ether oxygens (including phenoxy) is 3. The number of methoxy groups -OCH3 is 3. The summed E-state index contributed by atoms with van der Waals surface area (Å²) in [6, 6.07) is 12.9.